The van der Waals surface area contributed by atoms with E-state index in [-0.39, 0.29) is 28.9 Å². The second kappa shape index (κ2) is 13.3. The molecule has 42 heavy (non-hydrogen) atoms. The van der Waals surface area contributed by atoms with Gasteiger partial charge in [0.1, 0.15) is 30.2 Å². The Kier molecular flexibility index (Phi) is 10.0. The van der Waals surface area contributed by atoms with Crippen molar-refractivity contribution >= 4 is 6.29 Å². The second-order valence-corrected chi connectivity index (χ2v) is 13.9. The van der Waals surface area contributed by atoms with Crippen LogP contribution < -0.4 is 10.6 Å². The largest absolute Gasteiger partial charge is 0.508 e. The van der Waals surface area contributed by atoms with Crippen LogP contribution in [0.5, 0.6) is 5.75 Å². The first-order valence-electron chi connectivity index (χ1n) is 15.7. The van der Waals surface area contributed by atoms with Crippen LogP contribution in [0.2, 0.25) is 0 Å². The smallest absolute Gasteiger partial charge is 0.150 e. The van der Waals surface area contributed by atoms with Crippen molar-refractivity contribution in [3.63, 3.8) is 0 Å². The van der Waals surface area contributed by atoms with Crippen LogP contribution in [0.4, 0.5) is 0 Å². The summed E-state index contributed by atoms with van der Waals surface area (Å²) in [4.78, 5) is 13.8. The standard InChI is InChI=1S/C37H51N3O2/c1-8-9-10-11-12-23-40-34(28-16-20-30(21-17-28)37(5,6)7)38-33(27-14-18-29(19-15-27)36(2,3)4)39-35(40)31-22-13-26(25-41)24-32(31)42/h13-16,18-22,24-25,33,35,38-39,42H,8-12,17,23H2,1-7H3/b34-28+. The minimum atomic E-state index is -0.269. The number of hydrogen-bond acceptors (Lipinski definition) is 5. The third kappa shape index (κ3) is 7.55. The normalized spacial score (nSPS) is 21.2. The Bertz CT molecular complexity index is 1320. The van der Waals surface area contributed by atoms with Gasteiger partial charge in [-0.3, -0.25) is 10.1 Å². The van der Waals surface area contributed by atoms with Crippen LogP contribution in [0.1, 0.15) is 126 Å². The van der Waals surface area contributed by atoms with Crippen molar-refractivity contribution in [2.75, 3.05) is 6.54 Å². The van der Waals surface area contributed by atoms with E-state index in [1.54, 1.807) is 12.1 Å². The number of benzene rings is 2. The molecule has 1 fully saturated rings. The molecule has 0 bridgehead atoms. The number of unbranched alkanes of at least 4 members (excludes halogenated alkanes) is 4. The molecule has 1 saturated heterocycles. The first-order valence-corrected chi connectivity index (χ1v) is 15.7. The summed E-state index contributed by atoms with van der Waals surface area (Å²) in [5.41, 5.74) is 6.44. The molecular weight excluding hydrogens is 518 g/mol. The zero-order chi connectivity index (χ0) is 30.5. The lowest BCUT2D eigenvalue weighted by Gasteiger charge is -2.46. The molecule has 0 aromatic heterocycles. The molecule has 2 aromatic carbocycles. The van der Waals surface area contributed by atoms with Gasteiger partial charge in [0.15, 0.2) is 0 Å². The summed E-state index contributed by atoms with van der Waals surface area (Å²) in [6, 6.07) is 14.1. The molecule has 2 aromatic rings. The number of nitrogens with one attached hydrogen (secondary N) is 2. The molecule has 4 rings (SSSR count). The van der Waals surface area contributed by atoms with E-state index in [1.807, 2.05) is 6.07 Å². The first-order chi connectivity index (χ1) is 19.9. The lowest BCUT2D eigenvalue weighted by atomic mass is 9.82. The molecule has 5 heteroatoms. The first kappa shape index (κ1) is 31.6. The molecule has 2 aliphatic rings. The van der Waals surface area contributed by atoms with Crippen LogP contribution in [0, 0.1) is 5.41 Å². The van der Waals surface area contributed by atoms with Gasteiger partial charge in [-0.1, -0.05) is 129 Å². The summed E-state index contributed by atoms with van der Waals surface area (Å²) in [6.07, 6.45) is 14.0. The summed E-state index contributed by atoms with van der Waals surface area (Å²) in [5, 5.41) is 18.8. The third-order valence-corrected chi connectivity index (χ3v) is 8.48. The van der Waals surface area contributed by atoms with Crippen molar-refractivity contribution in [1.29, 1.82) is 0 Å². The van der Waals surface area contributed by atoms with Crippen LogP contribution >= 0.6 is 0 Å². The lowest BCUT2D eigenvalue weighted by molar-refractivity contribution is 0.112. The Balaban J connectivity index is 1.78. The van der Waals surface area contributed by atoms with Crippen molar-refractivity contribution in [1.82, 2.24) is 15.5 Å². The van der Waals surface area contributed by atoms with Crippen molar-refractivity contribution in [2.45, 2.75) is 105 Å². The molecule has 0 radical (unpaired) electrons. The van der Waals surface area contributed by atoms with Crippen molar-refractivity contribution in [2.24, 2.45) is 5.41 Å². The van der Waals surface area contributed by atoms with E-state index in [0.717, 1.165) is 49.0 Å². The minimum absolute atomic E-state index is 0.0757. The molecule has 2 atom stereocenters. The van der Waals surface area contributed by atoms with Crippen molar-refractivity contribution in [3.05, 3.63) is 99.9 Å². The van der Waals surface area contributed by atoms with E-state index in [4.69, 9.17) is 0 Å². The molecule has 0 spiro atoms. The Morgan fingerprint density at radius 1 is 0.929 bits per heavy atom. The molecule has 1 aliphatic heterocycles. The molecule has 1 heterocycles. The van der Waals surface area contributed by atoms with Crippen molar-refractivity contribution < 1.29 is 9.90 Å². The van der Waals surface area contributed by atoms with Gasteiger partial charge in [-0.05, 0) is 52.0 Å². The van der Waals surface area contributed by atoms with Gasteiger partial charge in [-0.2, -0.15) is 0 Å². The number of rotatable bonds is 9. The third-order valence-electron chi connectivity index (χ3n) is 8.48. The van der Waals surface area contributed by atoms with Crippen molar-refractivity contribution in [3.8, 4) is 5.75 Å². The highest BCUT2D eigenvalue weighted by molar-refractivity contribution is 5.75. The number of phenolic OH excluding ortho intramolecular Hbond substituents is 1. The van der Waals surface area contributed by atoms with Gasteiger partial charge in [0, 0.05) is 17.7 Å². The predicted octanol–water partition coefficient (Wildman–Crippen LogP) is 8.81. The fourth-order valence-electron chi connectivity index (χ4n) is 5.80. The number of carbonyl (C=O) groups excluding carboxylic acids is 1. The lowest BCUT2D eigenvalue weighted by Crippen LogP contribution is -2.53. The van der Waals surface area contributed by atoms with E-state index in [9.17, 15) is 9.90 Å². The molecule has 0 saturated carbocycles. The molecule has 3 N–H and O–H groups in total. The number of allylic oxidation sites excluding steroid dienone is 5. The zero-order valence-electron chi connectivity index (χ0n) is 26.8. The molecule has 0 amide bonds. The van der Waals surface area contributed by atoms with Gasteiger partial charge in [-0.15, -0.1) is 0 Å². The summed E-state index contributed by atoms with van der Waals surface area (Å²) in [5.74, 6) is 1.23. The summed E-state index contributed by atoms with van der Waals surface area (Å²) >= 11 is 0. The number of aldehydes is 1. The van der Waals surface area contributed by atoms with Gasteiger partial charge in [0.2, 0.25) is 0 Å². The highest BCUT2D eigenvalue weighted by Gasteiger charge is 2.35. The molecule has 2 unspecified atom stereocenters. The highest BCUT2D eigenvalue weighted by atomic mass is 16.3. The molecule has 1 aliphatic carbocycles. The van der Waals surface area contributed by atoms with Gasteiger partial charge in [0.05, 0.1) is 0 Å². The Labute approximate surface area is 253 Å². The van der Waals surface area contributed by atoms with Gasteiger partial charge < -0.3 is 15.3 Å². The van der Waals surface area contributed by atoms with Crippen LogP contribution in [0.15, 0.2) is 77.7 Å². The number of carbonyl (C=O) groups is 1. The highest BCUT2D eigenvalue weighted by Crippen LogP contribution is 2.39. The Hall–Kier alpha value is -3.31. The van der Waals surface area contributed by atoms with Crippen LogP contribution in [-0.2, 0) is 5.41 Å². The number of aromatic hydroxyl groups is 1. The maximum absolute atomic E-state index is 11.5. The topological polar surface area (TPSA) is 64.6 Å². The minimum Gasteiger partial charge on any atom is -0.508 e. The average molecular weight is 570 g/mol. The fourth-order valence-corrected chi connectivity index (χ4v) is 5.80. The fraction of sp³-hybridized carbons (Fsp3) is 0.486. The Morgan fingerprint density at radius 3 is 2.21 bits per heavy atom. The van der Waals surface area contributed by atoms with Crippen LogP contribution in [0.3, 0.4) is 0 Å². The van der Waals surface area contributed by atoms with E-state index >= 15 is 0 Å². The molecule has 5 nitrogen and oxygen atoms in total. The summed E-state index contributed by atoms with van der Waals surface area (Å²) in [6.45, 7) is 16.6. The quantitative estimate of drug-likeness (QED) is 0.208. The van der Waals surface area contributed by atoms with E-state index < -0.39 is 0 Å². The second-order valence-electron chi connectivity index (χ2n) is 13.9. The predicted molar refractivity (Wildman–Crippen MR) is 174 cm³/mol. The van der Waals surface area contributed by atoms with E-state index in [2.05, 4.69) is 106 Å². The number of hydrogen-bond donors (Lipinski definition) is 3. The SMILES string of the molecule is CCCCCCCN1/C(=C2\C=CC(C(C)(C)C)=CC2)NC(c2ccc(C(C)(C)C)cc2)NC1c1ccc(C=O)cc1O. The van der Waals surface area contributed by atoms with E-state index in [1.165, 1.54) is 36.0 Å². The summed E-state index contributed by atoms with van der Waals surface area (Å²) < 4.78 is 0. The maximum atomic E-state index is 11.5. The maximum Gasteiger partial charge on any atom is 0.150 e. The number of phenols is 1. The zero-order valence-corrected chi connectivity index (χ0v) is 26.8. The van der Waals surface area contributed by atoms with Gasteiger partial charge in [-0.25, -0.2) is 0 Å². The van der Waals surface area contributed by atoms with Gasteiger partial charge >= 0.3 is 0 Å². The van der Waals surface area contributed by atoms with Gasteiger partial charge in [0.25, 0.3) is 0 Å². The monoisotopic (exact) mass is 569 g/mol. The van der Waals surface area contributed by atoms with Crippen LogP contribution in [-0.4, -0.2) is 22.8 Å². The van der Waals surface area contributed by atoms with Crippen LogP contribution in [0.25, 0.3) is 0 Å². The average Bonchev–Trinajstić information content (AvgIpc) is 2.96. The Morgan fingerprint density at radius 2 is 1.64 bits per heavy atom. The molecule has 226 valence electrons. The molecular formula is C37H51N3O2. The number of nitrogens with zero attached hydrogens (tertiary/aromatic N) is 1. The van der Waals surface area contributed by atoms with E-state index in [0.29, 0.717) is 5.56 Å². The summed E-state index contributed by atoms with van der Waals surface area (Å²) in [7, 11) is 0.